The second-order valence-electron chi connectivity index (χ2n) is 8.16. The van der Waals surface area contributed by atoms with Gasteiger partial charge < -0.3 is 15.0 Å². The van der Waals surface area contributed by atoms with Crippen LogP contribution in [0.25, 0.3) is 0 Å². The van der Waals surface area contributed by atoms with Gasteiger partial charge in [-0.25, -0.2) is 8.78 Å². The molecule has 0 aromatic heterocycles. The zero-order valence-corrected chi connectivity index (χ0v) is 18.0. The molecule has 1 aliphatic heterocycles. The van der Waals surface area contributed by atoms with E-state index in [0.29, 0.717) is 51.1 Å². The fraction of sp³-hybridized carbons (Fsp3) is 0.542. The molecule has 2 aliphatic rings. The second kappa shape index (κ2) is 10.2. The van der Waals surface area contributed by atoms with E-state index in [1.807, 2.05) is 25.1 Å². The molecule has 1 saturated heterocycles. The van der Waals surface area contributed by atoms with Crippen LogP contribution < -0.4 is 5.32 Å². The van der Waals surface area contributed by atoms with Crippen molar-refractivity contribution < 1.29 is 18.3 Å². The van der Waals surface area contributed by atoms with Gasteiger partial charge >= 0.3 is 0 Å². The van der Waals surface area contributed by atoms with Crippen LogP contribution in [0.1, 0.15) is 54.1 Å². The minimum atomic E-state index is -1.34. The summed E-state index contributed by atoms with van der Waals surface area (Å²) in [5, 5.41) is 3.07. The average molecular weight is 419 g/mol. The first-order chi connectivity index (χ1) is 14.4. The Morgan fingerprint density at radius 1 is 1.23 bits per heavy atom. The highest BCUT2D eigenvalue weighted by Gasteiger charge is 2.35. The Hall–Kier alpha value is -2.21. The van der Waals surface area contributed by atoms with Gasteiger partial charge in [-0.2, -0.15) is 0 Å². The van der Waals surface area contributed by atoms with Gasteiger partial charge in [0.2, 0.25) is 0 Å². The third-order valence-corrected chi connectivity index (χ3v) is 5.96. The molecule has 3 rings (SSSR count). The van der Waals surface area contributed by atoms with E-state index in [4.69, 9.17) is 4.74 Å². The summed E-state index contributed by atoms with van der Waals surface area (Å²) in [6, 6.07) is 5.79. The summed E-state index contributed by atoms with van der Waals surface area (Å²) in [7, 11) is 0. The standard InChI is InChI=1S/C24H32F2N2O2/c1-3-19-16-20(9-8-18(19)2)23(29)28-13-10-24(26,11-14-28)17-27-12-15-30-22-7-5-4-6-21(22)25/h6-9,16,27H,3-5,10-15,17H2,1-2H3. The molecule has 0 unspecified atom stereocenters. The Morgan fingerprint density at radius 2 is 1.97 bits per heavy atom. The highest BCUT2D eigenvalue weighted by atomic mass is 19.1. The summed E-state index contributed by atoms with van der Waals surface area (Å²) in [5.74, 6) is -0.0593. The van der Waals surface area contributed by atoms with E-state index in [2.05, 4.69) is 12.2 Å². The van der Waals surface area contributed by atoms with Crippen molar-refractivity contribution in [3.8, 4) is 0 Å². The minimum Gasteiger partial charge on any atom is -0.490 e. The molecule has 1 aromatic rings. The normalized spacial score (nSPS) is 18.6. The number of hydrogen-bond acceptors (Lipinski definition) is 3. The average Bonchev–Trinajstić information content (AvgIpc) is 2.75. The predicted molar refractivity (Wildman–Crippen MR) is 115 cm³/mol. The SMILES string of the molecule is CCc1cc(C(=O)N2CCC(F)(CNCCOC3=CCCC=C3F)CC2)ccc1C. The largest absolute Gasteiger partial charge is 0.490 e. The molecule has 0 spiro atoms. The molecule has 6 heteroatoms. The minimum absolute atomic E-state index is 0.0241. The van der Waals surface area contributed by atoms with Crippen LogP contribution in [0.15, 0.2) is 41.9 Å². The zero-order valence-electron chi connectivity index (χ0n) is 18.0. The van der Waals surface area contributed by atoms with E-state index in [9.17, 15) is 9.18 Å². The second-order valence-corrected chi connectivity index (χ2v) is 8.16. The Balaban J connectivity index is 1.41. The van der Waals surface area contributed by atoms with Gasteiger partial charge in [0.15, 0.2) is 11.6 Å². The summed E-state index contributed by atoms with van der Waals surface area (Å²) in [6.07, 6.45) is 6.25. The number of likely N-dealkylation sites (tertiary alicyclic amines) is 1. The van der Waals surface area contributed by atoms with Gasteiger partial charge in [-0.1, -0.05) is 13.0 Å². The summed E-state index contributed by atoms with van der Waals surface area (Å²) in [4.78, 5) is 14.5. The molecule has 0 radical (unpaired) electrons. The van der Waals surface area contributed by atoms with Gasteiger partial charge in [-0.3, -0.25) is 4.79 Å². The highest BCUT2D eigenvalue weighted by Crippen LogP contribution is 2.27. The number of amides is 1. The zero-order chi connectivity index (χ0) is 21.6. The number of rotatable bonds is 8. The number of carbonyl (C=O) groups excluding carboxylic acids is 1. The summed E-state index contributed by atoms with van der Waals surface area (Å²) < 4.78 is 34.1. The van der Waals surface area contributed by atoms with Crippen molar-refractivity contribution in [2.45, 2.75) is 51.6 Å². The number of piperidine rings is 1. The molecular formula is C24H32F2N2O2. The number of hydrogen-bond donors (Lipinski definition) is 1. The van der Waals surface area contributed by atoms with Gasteiger partial charge in [0.05, 0.1) is 0 Å². The van der Waals surface area contributed by atoms with E-state index in [1.165, 1.54) is 17.2 Å². The predicted octanol–water partition coefficient (Wildman–Crippen LogP) is 4.64. The van der Waals surface area contributed by atoms with Gasteiger partial charge in [-0.15, -0.1) is 0 Å². The first-order valence-corrected chi connectivity index (χ1v) is 10.9. The summed E-state index contributed by atoms with van der Waals surface area (Å²) >= 11 is 0. The highest BCUT2D eigenvalue weighted by molar-refractivity contribution is 5.94. The number of carbonyl (C=O) groups is 1. The number of alkyl halides is 1. The maximum atomic E-state index is 15.1. The maximum Gasteiger partial charge on any atom is 0.253 e. The number of allylic oxidation sites excluding steroid dienone is 3. The summed E-state index contributed by atoms with van der Waals surface area (Å²) in [5.41, 5.74) is 1.69. The van der Waals surface area contributed by atoms with Crippen LogP contribution in [0.3, 0.4) is 0 Å². The monoisotopic (exact) mass is 418 g/mol. The van der Waals surface area contributed by atoms with Crippen molar-refractivity contribution in [3.63, 3.8) is 0 Å². The van der Waals surface area contributed by atoms with Crippen molar-refractivity contribution >= 4 is 5.91 Å². The van der Waals surface area contributed by atoms with Crippen LogP contribution >= 0.6 is 0 Å². The molecule has 30 heavy (non-hydrogen) atoms. The number of halogens is 2. The Labute approximate surface area is 178 Å². The molecule has 0 bridgehead atoms. The molecule has 1 fully saturated rings. The van der Waals surface area contributed by atoms with E-state index in [-0.39, 0.29) is 24.0 Å². The van der Waals surface area contributed by atoms with Crippen molar-refractivity contribution in [1.82, 2.24) is 10.2 Å². The van der Waals surface area contributed by atoms with E-state index in [0.717, 1.165) is 12.8 Å². The van der Waals surface area contributed by atoms with Crippen LogP contribution in [0, 0.1) is 6.92 Å². The van der Waals surface area contributed by atoms with Gasteiger partial charge in [0, 0.05) is 44.6 Å². The first kappa shape index (κ1) is 22.5. The Morgan fingerprint density at radius 3 is 2.67 bits per heavy atom. The quantitative estimate of drug-likeness (QED) is 0.626. The van der Waals surface area contributed by atoms with E-state index < -0.39 is 5.67 Å². The summed E-state index contributed by atoms with van der Waals surface area (Å²) in [6.45, 7) is 5.88. The molecule has 1 N–H and O–H groups in total. The van der Waals surface area contributed by atoms with Crippen molar-refractivity contribution in [2.75, 3.05) is 32.8 Å². The van der Waals surface area contributed by atoms with Crippen molar-refractivity contribution in [2.24, 2.45) is 0 Å². The first-order valence-electron chi connectivity index (χ1n) is 10.9. The number of aryl methyl sites for hydroxylation is 2. The van der Waals surface area contributed by atoms with Crippen LogP contribution in [0.2, 0.25) is 0 Å². The Kier molecular flexibility index (Phi) is 7.64. The molecule has 0 atom stereocenters. The number of benzene rings is 1. The Bertz CT molecular complexity index is 811. The molecule has 1 aliphatic carbocycles. The molecule has 0 saturated carbocycles. The third kappa shape index (κ3) is 5.69. The molecular weight excluding hydrogens is 386 g/mol. The topological polar surface area (TPSA) is 41.6 Å². The number of nitrogens with zero attached hydrogens (tertiary/aromatic N) is 1. The van der Waals surface area contributed by atoms with Crippen LogP contribution in [-0.2, 0) is 11.2 Å². The number of ether oxygens (including phenoxy) is 1. The number of nitrogens with one attached hydrogen (secondary N) is 1. The third-order valence-electron chi connectivity index (χ3n) is 5.96. The lowest BCUT2D eigenvalue weighted by Crippen LogP contribution is -2.49. The van der Waals surface area contributed by atoms with E-state index in [1.54, 1.807) is 11.0 Å². The van der Waals surface area contributed by atoms with Gasteiger partial charge in [-0.05, 0) is 61.6 Å². The van der Waals surface area contributed by atoms with Crippen molar-refractivity contribution in [3.05, 3.63) is 58.6 Å². The van der Waals surface area contributed by atoms with E-state index >= 15 is 4.39 Å². The fourth-order valence-electron chi connectivity index (χ4n) is 3.95. The molecule has 164 valence electrons. The van der Waals surface area contributed by atoms with Crippen molar-refractivity contribution in [1.29, 1.82) is 0 Å². The molecule has 1 amide bonds. The van der Waals surface area contributed by atoms with Crippen LogP contribution in [0.4, 0.5) is 8.78 Å². The smallest absolute Gasteiger partial charge is 0.253 e. The van der Waals surface area contributed by atoms with Gasteiger partial charge in [0.1, 0.15) is 12.3 Å². The lowest BCUT2D eigenvalue weighted by molar-refractivity contribution is 0.0430. The molecule has 1 aromatic carbocycles. The lowest BCUT2D eigenvalue weighted by Gasteiger charge is -2.36. The van der Waals surface area contributed by atoms with Crippen LogP contribution in [0.5, 0.6) is 0 Å². The van der Waals surface area contributed by atoms with Gasteiger partial charge in [0.25, 0.3) is 5.91 Å². The molecule has 1 heterocycles. The molecule has 4 nitrogen and oxygen atoms in total. The lowest BCUT2D eigenvalue weighted by atomic mass is 9.92. The van der Waals surface area contributed by atoms with Crippen LogP contribution in [-0.4, -0.2) is 49.3 Å². The fourth-order valence-corrected chi connectivity index (χ4v) is 3.95. The maximum absolute atomic E-state index is 15.1.